The molecule has 1 aliphatic rings. The average Bonchev–Trinajstić information content (AvgIpc) is 2.72. The van der Waals surface area contributed by atoms with Gasteiger partial charge in [0.25, 0.3) is 0 Å². The molecule has 3 rings (SSSR count). The minimum Gasteiger partial charge on any atom is -0.497 e. The van der Waals surface area contributed by atoms with Gasteiger partial charge in [-0.2, -0.15) is 0 Å². The van der Waals surface area contributed by atoms with Gasteiger partial charge in [-0.25, -0.2) is 4.79 Å². The van der Waals surface area contributed by atoms with E-state index >= 15 is 0 Å². The quantitative estimate of drug-likeness (QED) is 0.802. The molecule has 2 aromatic carbocycles. The standard InChI is InChI=1S/C21H21NO5S/c1-27-16-8-10-17-15(13-16)7-9-18(20(24)25)22(17)19(23)11-12-28-21(26)14-5-3-2-4-6-14/h2-6,8,10,13,18H,7,9,11-12H2,1H3,(H,24,25)/t18-/m1/s1. The molecule has 0 bridgehead atoms. The zero-order valence-electron chi connectivity index (χ0n) is 15.5. The van der Waals surface area contributed by atoms with Crippen LogP contribution < -0.4 is 9.64 Å². The maximum Gasteiger partial charge on any atom is 0.326 e. The van der Waals surface area contributed by atoms with E-state index < -0.39 is 12.0 Å². The second kappa shape index (κ2) is 8.93. The lowest BCUT2D eigenvalue weighted by molar-refractivity contribution is -0.140. The SMILES string of the molecule is COc1ccc2c(c1)CC[C@H](C(=O)O)N2C(=O)CCSC(=O)c1ccccc1. The number of carbonyl (C=O) groups is 3. The molecule has 0 saturated carbocycles. The monoisotopic (exact) mass is 399 g/mol. The summed E-state index contributed by atoms with van der Waals surface area (Å²) in [6, 6.07) is 13.2. The Bertz CT molecular complexity index is 884. The number of aryl methyl sites for hydroxylation is 1. The van der Waals surface area contributed by atoms with Crippen molar-refractivity contribution in [3.63, 3.8) is 0 Å². The second-order valence-corrected chi connectivity index (χ2v) is 7.47. The number of carbonyl (C=O) groups excluding carboxylic acids is 2. The van der Waals surface area contributed by atoms with Crippen molar-refractivity contribution in [1.29, 1.82) is 0 Å². The van der Waals surface area contributed by atoms with E-state index in [4.69, 9.17) is 4.74 Å². The summed E-state index contributed by atoms with van der Waals surface area (Å²) in [5.41, 5.74) is 2.07. The van der Waals surface area contributed by atoms with E-state index in [9.17, 15) is 19.5 Å². The van der Waals surface area contributed by atoms with Gasteiger partial charge in [-0.3, -0.25) is 14.5 Å². The van der Waals surface area contributed by atoms with E-state index in [1.54, 1.807) is 43.5 Å². The molecule has 1 heterocycles. The number of ether oxygens (including phenoxy) is 1. The predicted octanol–water partition coefficient (Wildman–Crippen LogP) is 3.39. The van der Waals surface area contributed by atoms with Crippen LogP contribution in [0.4, 0.5) is 5.69 Å². The Labute approximate surface area is 167 Å². The lowest BCUT2D eigenvalue weighted by Gasteiger charge is -2.35. The smallest absolute Gasteiger partial charge is 0.326 e. The van der Waals surface area contributed by atoms with Crippen LogP contribution in [-0.4, -0.2) is 41.0 Å². The third kappa shape index (κ3) is 4.36. The molecule has 1 aliphatic heterocycles. The number of thioether (sulfide) groups is 1. The summed E-state index contributed by atoms with van der Waals surface area (Å²) >= 11 is 1.07. The van der Waals surface area contributed by atoms with E-state index in [1.165, 1.54) is 4.90 Å². The number of amides is 1. The highest BCUT2D eigenvalue weighted by Crippen LogP contribution is 2.34. The van der Waals surface area contributed by atoms with Gasteiger partial charge < -0.3 is 9.84 Å². The van der Waals surface area contributed by atoms with Crippen molar-refractivity contribution < 1.29 is 24.2 Å². The lowest BCUT2D eigenvalue weighted by Crippen LogP contribution is -2.48. The fourth-order valence-corrected chi connectivity index (χ4v) is 4.03. The number of carboxylic acids is 1. The second-order valence-electron chi connectivity index (χ2n) is 6.40. The first-order chi connectivity index (χ1) is 13.5. The lowest BCUT2D eigenvalue weighted by atomic mass is 9.95. The van der Waals surface area contributed by atoms with Crippen molar-refractivity contribution in [2.45, 2.75) is 25.3 Å². The number of hydrogen-bond donors (Lipinski definition) is 1. The molecule has 0 aliphatic carbocycles. The highest BCUT2D eigenvalue weighted by atomic mass is 32.2. The largest absolute Gasteiger partial charge is 0.497 e. The number of hydrogen-bond acceptors (Lipinski definition) is 5. The van der Waals surface area contributed by atoms with Crippen molar-refractivity contribution >= 4 is 34.4 Å². The summed E-state index contributed by atoms with van der Waals surface area (Å²) in [7, 11) is 1.56. The summed E-state index contributed by atoms with van der Waals surface area (Å²) in [4.78, 5) is 38.1. The van der Waals surface area contributed by atoms with Crippen molar-refractivity contribution in [2.24, 2.45) is 0 Å². The third-order valence-electron chi connectivity index (χ3n) is 4.66. The summed E-state index contributed by atoms with van der Waals surface area (Å²) < 4.78 is 5.22. The Kier molecular flexibility index (Phi) is 6.36. The van der Waals surface area contributed by atoms with E-state index in [0.29, 0.717) is 35.6 Å². The molecule has 0 spiro atoms. The Morgan fingerprint density at radius 1 is 1.18 bits per heavy atom. The van der Waals surface area contributed by atoms with Crippen LogP contribution in [0.3, 0.4) is 0 Å². The maximum atomic E-state index is 12.9. The molecule has 7 heteroatoms. The molecule has 1 amide bonds. The first kappa shape index (κ1) is 19.9. The van der Waals surface area contributed by atoms with Crippen molar-refractivity contribution in [3.05, 3.63) is 59.7 Å². The molecule has 0 radical (unpaired) electrons. The molecule has 2 aromatic rings. The van der Waals surface area contributed by atoms with Crippen molar-refractivity contribution in [1.82, 2.24) is 0 Å². The van der Waals surface area contributed by atoms with Crippen molar-refractivity contribution in [3.8, 4) is 5.75 Å². The molecule has 6 nitrogen and oxygen atoms in total. The van der Waals surface area contributed by atoms with Gasteiger partial charge in [-0.1, -0.05) is 42.1 Å². The van der Waals surface area contributed by atoms with Gasteiger partial charge in [0.05, 0.1) is 7.11 Å². The van der Waals surface area contributed by atoms with Crippen LogP contribution in [0.2, 0.25) is 0 Å². The molecule has 0 saturated heterocycles. The zero-order valence-corrected chi connectivity index (χ0v) is 16.3. The summed E-state index contributed by atoms with van der Waals surface area (Å²) in [5.74, 6) is -0.361. The van der Waals surface area contributed by atoms with Crippen LogP contribution in [0, 0.1) is 0 Å². The Morgan fingerprint density at radius 2 is 1.93 bits per heavy atom. The Morgan fingerprint density at radius 3 is 2.61 bits per heavy atom. The summed E-state index contributed by atoms with van der Waals surface area (Å²) in [6.07, 6.45) is 0.990. The highest BCUT2D eigenvalue weighted by Gasteiger charge is 2.35. The molecular weight excluding hydrogens is 378 g/mol. The van der Waals surface area contributed by atoms with Gasteiger partial charge in [0.2, 0.25) is 11.0 Å². The molecule has 1 N–H and O–H groups in total. The summed E-state index contributed by atoms with van der Waals surface area (Å²) in [6.45, 7) is 0. The van der Waals surface area contributed by atoms with Crippen LogP contribution in [0.5, 0.6) is 5.75 Å². The molecule has 1 atom stereocenters. The Balaban J connectivity index is 1.71. The fraction of sp³-hybridized carbons (Fsp3) is 0.286. The minimum absolute atomic E-state index is 0.0818. The topological polar surface area (TPSA) is 83.9 Å². The van der Waals surface area contributed by atoms with Crippen LogP contribution in [0.1, 0.15) is 28.8 Å². The van der Waals surface area contributed by atoms with Gasteiger partial charge in [-0.15, -0.1) is 0 Å². The van der Waals surface area contributed by atoms with Crippen LogP contribution >= 0.6 is 11.8 Å². The number of fused-ring (bicyclic) bond motifs is 1. The minimum atomic E-state index is -1.03. The van der Waals surface area contributed by atoms with E-state index in [-0.39, 0.29) is 17.4 Å². The number of carboxylic acid groups (broad SMARTS) is 1. The zero-order chi connectivity index (χ0) is 20.1. The number of benzene rings is 2. The number of methoxy groups -OCH3 is 1. The first-order valence-corrected chi connectivity index (χ1v) is 9.93. The number of anilines is 1. The molecule has 0 fully saturated rings. The summed E-state index contributed by atoms with van der Waals surface area (Å²) in [5, 5.41) is 9.46. The van der Waals surface area contributed by atoms with E-state index in [0.717, 1.165) is 17.3 Å². The third-order valence-corrected chi connectivity index (χ3v) is 5.56. The first-order valence-electron chi connectivity index (χ1n) is 8.95. The Hall–Kier alpha value is -2.80. The van der Waals surface area contributed by atoms with Gasteiger partial charge in [0.15, 0.2) is 0 Å². The maximum absolute atomic E-state index is 12.9. The number of aliphatic carboxylic acids is 1. The molecular formula is C21H21NO5S. The number of rotatable bonds is 6. The van der Waals surface area contributed by atoms with Crippen molar-refractivity contribution in [2.75, 3.05) is 17.8 Å². The molecule has 28 heavy (non-hydrogen) atoms. The highest BCUT2D eigenvalue weighted by molar-refractivity contribution is 8.14. The van der Waals surface area contributed by atoms with Gasteiger partial charge in [-0.05, 0) is 36.6 Å². The van der Waals surface area contributed by atoms with Gasteiger partial charge in [0, 0.05) is 23.4 Å². The van der Waals surface area contributed by atoms with Gasteiger partial charge in [0.1, 0.15) is 11.8 Å². The molecule has 0 unspecified atom stereocenters. The van der Waals surface area contributed by atoms with E-state index in [2.05, 4.69) is 0 Å². The normalized spacial score (nSPS) is 15.6. The van der Waals surface area contributed by atoms with E-state index in [1.807, 2.05) is 12.1 Å². The molecule has 0 aromatic heterocycles. The number of nitrogens with zero attached hydrogens (tertiary/aromatic N) is 1. The van der Waals surface area contributed by atoms with Crippen LogP contribution in [0.15, 0.2) is 48.5 Å². The van der Waals surface area contributed by atoms with Crippen LogP contribution in [-0.2, 0) is 16.0 Å². The van der Waals surface area contributed by atoms with Gasteiger partial charge >= 0.3 is 5.97 Å². The van der Waals surface area contributed by atoms with Crippen LogP contribution in [0.25, 0.3) is 0 Å². The predicted molar refractivity (Wildman–Crippen MR) is 108 cm³/mol. The average molecular weight is 399 g/mol. The molecule has 146 valence electrons. The fourth-order valence-electron chi connectivity index (χ4n) is 3.26.